The van der Waals surface area contributed by atoms with Gasteiger partial charge in [0.25, 0.3) is 5.91 Å². The van der Waals surface area contributed by atoms with Crippen molar-refractivity contribution in [3.05, 3.63) is 23.3 Å². The molecule has 1 saturated heterocycles. The molecule has 1 heterocycles. The van der Waals surface area contributed by atoms with Gasteiger partial charge in [-0.3, -0.25) is 4.79 Å². The van der Waals surface area contributed by atoms with E-state index in [0.29, 0.717) is 0 Å². The normalized spacial score (nSPS) is 17.5. The number of hydrogen-bond acceptors (Lipinski definition) is 2. The molecule has 1 radical (unpaired) electrons. The summed E-state index contributed by atoms with van der Waals surface area (Å²) in [5, 5.41) is 3.22. The average Bonchev–Trinajstić information content (AvgIpc) is 2.57. The molecule has 131 valence electrons. The van der Waals surface area contributed by atoms with Crippen molar-refractivity contribution in [2.45, 2.75) is 52.6 Å². The molecule has 2 rings (SSSR count). The Morgan fingerprint density at radius 2 is 1.75 bits per heavy atom. The first-order valence-corrected chi connectivity index (χ1v) is 11.2. The molecule has 1 atom stereocenters. The number of anilines is 1. The number of methoxy groups -OCH3 is 1. The molecule has 5 heteroatoms. The summed E-state index contributed by atoms with van der Waals surface area (Å²) in [6, 6.07) is 3.97. The van der Waals surface area contributed by atoms with Gasteiger partial charge in [-0.2, -0.15) is 0 Å². The second-order valence-corrected chi connectivity index (χ2v) is 11.6. The molecule has 24 heavy (non-hydrogen) atoms. The fourth-order valence-corrected chi connectivity index (χ4v) is 8.28. The van der Waals surface area contributed by atoms with Crippen LogP contribution < -0.4 is 10.1 Å². The Kier molecular flexibility index (Phi) is 8.87. The number of ether oxygens (including phenoxy) is 1. The maximum atomic E-state index is 12.9. The van der Waals surface area contributed by atoms with Crippen molar-refractivity contribution in [2.75, 3.05) is 30.9 Å². The summed E-state index contributed by atoms with van der Waals surface area (Å²) in [7, 11) is 0.536. The zero-order valence-corrected chi connectivity index (χ0v) is 19.5. The number of rotatable bonds is 5. The van der Waals surface area contributed by atoms with Crippen molar-refractivity contribution < 1.29 is 42.2 Å². The van der Waals surface area contributed by atoms with Crippen LogP contribution in [0.2, 0.25) is 0 Å². The van der Waals surface area contributed by atoms with E-state index in [1.807, 2.05) is 26.0 Å². The SMILES string of the molecule is CC[P+]1(C(C)C(=O)Nc2c(C)cc(OC)cc2C)CCCCC1.[Y]. The van der Waals surface area contributed by atoms with E-state index in [2.05, 4.69) is 19.2 Å². The first kappa shape index (κ1) is 22.1. The number of hydrogen-bond donors (Lipinski definition) is 1. The van der Waals surface area contributed by atoms with E-state index in [1.165, 1.54) is 37.7 Å². The van der Waals surface area contributed by atoms with E-state index < -0.39 is 7.26 Å². The van der Waals surface area contributed by atoms with Gasteiger partial charge in [0.1, 0.15) is 11.4 Å². The van der Waals surface area contributed by atoms with Crippen LogP contribution in [-0.4, -0.2) is 37.2 Å². The number of amides is 1. The minimum atomic E-state index is -1.14. The minimum Gasteiger partial charge on any atom is -0.497 e. The topological polar surface area (TPSA) is 38.3 Å². The van der Waals surface area contributed by atoms with E-state index >= 15 is 0 Å². The number of benzene rings is 1. The van der Waals surface area contributed by atoms with Gasteiger partial charge in [-0.1, -0.05) is 0 Å². The summed E-state index contributed by atoms with van der Waals surface area (Å²) in [4.78, 5) is 12.9. The summed E-state index contributed by atoms with van der Waals surface area (Å²) in [6.45, 7) is 8.50. The van der Waals surface area contributed by atoms with E-state index in [0.717, 1.165) is 22.6 Å². The molecule has 0 spiro atoms. The second-order valence-electron chi connectivity index (χ2n) is 6.84. The van der Waals surface area contributed by atoms with Gasteiger partial charge in [0.2, 0.25) is 0 Å². The molecule has 1 unspecified atom stereocenters. The van der Waals surface area contributed by atoms with Crippen LogP contribution in [0.5, 0.6) is 5.75 Å². The maximum absolute atomic E-state index is 12.9. The van der Waals surface area contributed by atoms with Crippen molar-refractivity contribution in [3.8, 4) is 5.75 Å². The van der Waals surface area contributed by atoms with Crippen LogP contribution in [0.15, 0.2) is 12.1 Å². The van der Waals surface area contributed by atoms with Crippen LogP contribution in [0.1, 0.15) is 44.2 Å². The Balaban J connectivity index is 0.00000288. The van der Waals surface area contributed by atoms with E-state index in [9.17, 15) is 4.79 Å². The number of nitrogens with one attached hydrogen (secondary N) is 1. The molecule has 1 aliphatic heterocycles. The zero-order chi connectivity index (χ0) is 17.0. The molecular formula is C19H31NO2PY+. The van der Waals surface area contributed by atoms with Gasteiger partial charge >= 0.3 is 0 Å². The smallest absolute Gasteiger partial charge is 0.264 e. The van der Waals surface area contributed by atoms with Gasteiger partial charge in [0, 0.05) is 45.7 Å². The van der Waals surface area contributed by atoms with Crippen LogP contribution in [-0.2, 0) is 37.5 Å². The molecule has 1 N–H and O–H groups in total. The fraction of sp³-hybridized carbons (Fsp3) is 0.632. The van der Waals surface area contributed by atoms with E-state index in [1.54, 1.807) is 7.11 Å². The second kappa shape index (κ2) is 9.65. The first-order valence-electron chi connectivity index (χ1n) is 8.75. The molecule has 0 bridgehead atoms. The first-order chi connectivity index (χ1) is 10.9. The van der Waals surface area contributed by atoms with Gasteiger partial charge < -0.3 is 10.1 Å². The van der Waals surface area contributed by atoms with Crippen molar-refractivity contribution in [2.24, 2.45) is 0 Å². The zero-order valence-electron chi connectivity index (χ0n) is 15.8. The Morgan fingerprint density at radius 3 is 2.21 bits per heavy atom. The summed E-state index contributed by atoms with van der Waals surface area (Å²) >= 11 is 0. The molecule has 1 aliphatic rings. The van der Waals surface area contributed by atoms with Gasteiger partial charge in [0.05, 0.1) is 25.6 Å². The van der Waals surface area contributed by atoms with Crippen LogP contribution in [0.3, 0.4) is 0 Å². The van der Waals surface area contributed by atoms with E-state index in [-0.39, 0.29) is 44.3 Å². The predicted octanol–water partition coefficient (Wildman–Crippen LogP) is 4.86. The molecular weight excluding hydrogens is 394 g/mol. The number of aryl methyl sites for hydroxylation is 2. The Morgan fingerprint density at radius 1 is 1.21 bits per heavy atom. The largest absolute Gasteiger partial charge is 0.497 e. The predicted molar refractivity (Wildman–Crippen MR) is 102 cm³/mol. The maximum Gasteiger partial charge on any atom is 0.264 e. The molecule has 0 aliphatic carbocycles. The van der Waals surface area contributed by atoms with Crippen molar-refractivity contribution in [1.29, 1.82) is 0 Å². The fourth-order valence-electron chi connectivity index (χ4n) is 3.83. The number of carbonyl (C=O) groups is 1. The molecule has 1 amide bonds. The average molecular weight is 425 g/mol. The van der Waals surface area contributed by atoms with Crippen LogP contribution in [0, 0.1) is 13.8 Å². The molecule has 1 aromatic carbocycles. The monoisotopic (exact) mass is 425 g/mol. The summed E-state index contributed by atoms with van der Waals surface area (Å²) in [5.74, 6) is 1.05. The van der Waals surface area contributed by atoms with Crippen molar-refractivity contribution >= 4 is 18.9 Å². The van der Waals surface area contributed by atoms with Crippen LogP contribution in [0.4, 0.5) is 5.69 Å². The Bertz CT molecular complexity index is 547. The van der Waals surface area contributed by atoms with Crippen molar-refractivity contribution in [1.82, 2.24) is 0 Å². The standard InChI is InChI=1S/C19H30NO2P.Y/c1-6-23(10-8-7-9-11-23)16(4)19(21)20-18-14(2)12-17(22-5)13-15(18)3;/h12-13,16H,6-11H2,1-5H3;/p+1. The van der Waals surface area contributed by atoms with Gasteiger partial charge in [-0.05, 0) is 70.2 Å². The minimum absolute atomic E-state index is 0. The van der Waals surface area contributed by atoms with Gasteiger partial charge in [-0.15, -0.1) is 0 Å². The third-order valence-corrected chi connectivity index (χ3v) is 11.1. The third kappa shape index (κ3) is 4.80. The quantitative estimate of drug-likeness (QED) is 0.685. The van der Waals surface area contributed by atoms with Crippen LogP contribution in [0.25, 0.3) is 0 Å². The van der Waals surface area contributed by atoms with Crippen LogP contribution >= 0.6 is 7.26 Å². The van der Waals surface area contributed by atoms with Gasteiger partial charge in [-0.25, -0.2) is 0 Å². The molecule has 0 saturated carbocycles. The molecule has 1 aromatic rings. The van der Waals surface area contributed by atoms with Crippen molar-refractivity contribution in [3.63, 3.8) is 0 Å². The molecule has 0 aromatic heterocycles. The Labute approximate surface area is 172 Å². The summed E-state index contributed by atoms with van der Waals surface area (Å²) in [5.41, 5.74) is 3.24. The molecule has 3 nitrogen and oxygen atoms in total. The number of carbonyl (C=O) groups excluding carboxylic acids is 1. The van der Waals surface area contributed by atoms with Gasteiger partial charge in [0.15, 0.2) is 0 Å². The summed E-state index contributed by atoms with van der Waals surface area (Å²) in [6.07, 6.45) is 7.73. The Hall–Kier alpha value is 0.0239. The third-order valence-electron chi connectivity index (χ3n) is 5.53. The molecule has 1 fully saturated rings. The van der Waals surface area contributed by atoms with E-state index in [4.69, 9.17) is 4.74 Å². The summed E-state index contributed by atoms with van der Waals surface area (Å²) < 4.78 is 5.30.